The Bertz CT molecular complexity index is 289. The number of rotatable bonds is 3. The van der Waals surface area contributed by atoms with E-state index in [-0.39, 0.29) is 0 Å². The number of carbonyl (C=O) groups is 1. The zero-order valence-electron chi connectivity index (χ0n) is 7.37. The van der Waals surface area contributed by atoms with Gasteiger partial charge in [-0.05, 0) is 18.6 Å². The Morgan fingerprint density at radius 1 is 1.58 bits per heavy atom. The lowest BCUT2D eigenvalue weighted by atomic mass is 10.2. The predicted molar refractivity (Wildman–Crippen MR) is 46.4 cm³/mol. The van der Waals surface area contributed by atoms with E-state index in [1.165, 1.54) is 0 Å². The number of aromatic carboxylic acids is 1. The van der Waals surface area contributed by atoms with Gasteiger partial charge in [-0.1, -0.05) is 13.3 Å². The molecule has 1 aromatic rings. The summed E-state index contributed by atoms with van der Waals surface area (Å²) in [6.45, 7) is 2.08. The summed E-state index contributed by atoms with van der Waals surface area (Å²) in [6.07, 6.45) is 1.97. The van der Waals surface area contributed by atoms with Crippen molar-refractivity contribution in [1.29, 1.82) is 0 Å². The first-order valence-electron chi connectivity index (χ1n) is 4.04. The highest BCUT2D eigenvalue weighted by Crippen LogP contribution is 2.08. The summed E-state index contributed by atoms with van der Waals surface area (Å²) in [5.41, 5.74) is 1.44. The van der Waals surface area contributed by atoms with Gasteiger partial charge < -0.3 is 9.67 Å². The summed E-state index contributed by atoms with van der Waals surface area (Å²) < 4.78 is 1.73. The highest BCUT2D eigenvalue weighted by Gasteiger charge is 2.09. The number of hydrogen-bond acceptors (Lipinski definition) is 1. The predicted octanol–water partition coefficient (Wildman–Crippen LogP) is 1.68. The molecule has 0 amide bonds. The topological polar surface area (TPSA) is 42.2 Å². The number of carboxylic acids is 1. The van der Waals surface area contributed by atoms with Crippen LogP contribution in [-0.4, -0.2) is 15.6 Å². The van der Waals surface area contributed by atoms with Crippen LogP contribution in [0.5, 0.6) is 0 Å². The molecule has 3 heteroatoms. The van der Waals surface area contributed by atoms with Gasteiger partial charge >= 0.3 is 5.97 Å². The molecule has 0 aliphatic heterocycles. The maximum Gasteiger partial charge on any atom is 0.352 e. The summed E-state index contributed by atoms with van der Waals surface area (Å²) in [5.74, 6) is -0.861. The summed E-state index contributed by atoms with van der Waals surface area (Å²) in [7, 11) is 1.79. The van der Waals surface area contributed by atoms with Crippen LogP contribution in [0, 0.1) is 0 Å². The fourth-order valence-electron chi connectivity index (χ4n) is 1.28. The fourth-order valence-corrected chi connectivity index (χ4v) is 1.28. The number of nitrogens with zero attached hydrogens (tertiary/aromatic N) is 1. The molecule has 1 heterocycles. The minimum Gasteiger partial charge on any atom is -0.477 e. The van der Waals surface area contributed by atoms with Crippen LogP contribution in [0.15, 0.2) is 12.1 Å². The Morgan fingerprint density at radius 2 is 2.25 bits per heavy atom. The molecule has 0 aliphatic carbocycles. The summed E-state index contributed by atoms with van der Waals surface area (Å²) in [4.78, 5) is 10.6. The molecule has 0 atom stereocenters. The maximum absolute atomic E-state index is 10.6. The van der Waals surface area contributed by atoms with Crippen molar-refractivity contribution in [3.05, 3.63) is 23.5 Å². The van der Waals surface area contributed by atoms with Gasteiger partial charge in [-0.2, -0.15) is 0 Å². The number of hydrogen-bond donors (Lipinski definition) is 1. The zero-order chi connectivity index (χ0) is 9.14. The van der Waals surface area contributed by atoms with Gasteiger partial charge in [-0.15, -0.1) is 0 Å². The van der Waals surface area contributed by atoms with Crippen molar-refractivity contribution < 1.29 is 9.90 Å². The molecule has 66 valence electrons. The minimum absolute atomic E-state index is 0.360. The lowest BCUT2D eigenvalue weighted by Crippen LogP contribution is -2.06. The van der Waals surface area contributed by atoms with Gasteiger partial charge in [0.05, 0.1) is 0 Å². The van der Waals surface area contributed by atoms with Crippen molar-refractivity contribution in [3.8, 4) is 0 Å². The molecule has 0 unspecified atom stereocenters. The maximum atomic E-state index is 10.6. The molecular weight excluding hydrogens is 154 g/mol. The van der Waals surface area contributed by atoms with Gasteiger partial charge in [0, 0.05) is 12.7 Å². The van der Waals surface area contributed by atoms with Crippen molar-refractivity contribution in [1.82, 2.24) is 4.57 Å². The first-order chi connectivity index (χ1) is 5.66. The van der Waals surface area contributed by atoms with Crippen molar-refractivity contribution in [2.45, 2.75) is 19.8 Å². The third-order valence-electron chi connectivity index (χ3n) is 1.95. The van der Waals surface area contributed by atoms with Crippen molar-refractivity contribution in [2.75, 3.05) is 0 Å². The van der Waals surface area contributed by atoms with Crippen LogP contribution in [0.1, 0.15) is 29.5 Å². The number of aromatic nitrogens is 1. The second-order valence-corrected chi connectivity index (χ2v) is 2.82. The molecule has 0 radical (unpaired) electrons. The van der Waals surface area contributed by atoms with E-state index in [0.717, 1.165) is 18.5 Å². The first-order valence-corrected chi connectivity index (χ1v) is 4.04. The van der Waals surface area contributed by atoms with E-state index in [9.17, 15) is 4.79 Å². The lowest BCUT2D eigenvalue weighted by Gasteiger charge is -2.02. The van der Waals surface area contributed by atoms with Gasteiger partial charge in [0.25, 0.3) is 0 Å². The molecule has 0 bridgehead atoms. The first kappa shape index (κ1) is 8.84. The van der Waals surface area contributed by atoms with Crippen LogP contribution in [0.2, 0.25) is 0 Å². The molecule has 1 N–H and O–H groups in total. The van der Waals surface area contributed by atoms with Crippen LogP contribution in [0.4, 0.5) is 0 Å². The lowest BCUT2D eigenvalue weighted by molar-refractivity contribution is 0.0686. The summed E-state index contributed by atoms with van der Waals surface area (Å²) in [5, 5.41) is 8.73. The van der Waals surface area contributed by atoms with Crippen LogP contribution in [0.3, 0.4) is 0 Å². The van der Waals surface area contributed by atoms with E-state index in [1.807, 2.05) is 6.07 Å². The van der Waals surface area contributed by atoms with E-state index in [4.69, 9.17) is 5.11 Å². The Kier molecular flexibility index (Phi) is 2.53. The van der Waals surface area contributed by atoms with Gasteiger partial charge in [0.2, 0.25) is 0 Å². The SMILES string of the molecule is CCCc1ccc(C(=O)O)n1C. The minimum atomic E-state index is -0.861. The van der Waals surface area contributed by atoms with Crippen LogP contribution in [0.25, 0.3) is 0 Å². The molecule has 0 saturated carbocycles. The van der Waals surface area contributed by atoms with Gasteiger partial charge in [-0.25, -0.2) is 4.79 Å². The molecular formula is C9H13NO2. The molecule has 0 fully saturated rings. The summed E-state index contributed by atoms with van der Waals surface area (Å²) >= 11 is 0. The number of aryl methyl sites for hydroxylation is 1. The molecule has 0 saturated heterocycles. The molecule has 0 aromatic carbocycles. The highest BCUT2D eigenvalue weighted by atomic mass is 16.4. The highest BCUT2D eigenvalue weighted by molar-refractivity contribution is 5.86. The van der Waals surface area contributed by atoms with E-state index in [0.29, 0.717) is 5.69 Å². The van der Waals surface area contributed by atoms with Crippen LogP contribution < -0.4 is 0 Å². The standard InChI is InChI=1S/C9H13NO2/c1-3-4-7-5-6-8(9(11)12)10(7)2/h5-6H,3-4H2,1-2H3,(H,11,12). The fraction of sp³-hybridized carbons (Fsp3) is 0.444. The van der Waals surface area contributed by atoms with E-state index in [1.54, 1.807) is 17.7 Å². The van der Waals surface area contributed by atoms with Crippen LogP contribution in [-0.2, 0) is 13.5 Å². The smallest absolute Gasteiger partial charge is 0.352 e. The molecule has 0 spiro atoms. The molecule has 1 rings (SSSR count). The average Bonchev–Trinajstić information content (AvgIpc) is 2.34. The summed E-state index contributed by atoms with van der Waals surface area (Å²) in [6, 6.07) is 3.51. The molecule has 1 aromatic heterocycles. The molecule has 12 heavy (non-hydrogen) atoms. The van der Waals surface area contributed by atoms with Crippen LogP contribution >= 0.6 is 0 Å². The van der Waals surface area contributed by atoms with E-state index < -0.39 is 5.97 Å². The third kappa shape index (κ3) is 1.49. The number of carboxylic acid groups (broad SMARTS) is 1. The molecule has 3 nitrogen and oxygen atoms in total. The monoisotopic (exact) mass is 167 g/mol. The third-order valence-corrected chi connectivity index (χ3v) is 1.95. The van der Waals surface area contributed by atoms with E-state index >= 15 is 0 Å². The quantitative estimate of drug-likeness (QED) is 0.744. The zero-order valence-corrected chi connectivity index (χ0v) is 7.37. The Hall–Kier alpha value is -1.25. The Morgan fingerprint density at radius 3 is 2.67 bits per heavy atom. The van der Waals surface area contributed by atoms with Crippen molar-refractivity contribution in [3.63, 3.8) is 0 Å². The largest absolute Gasteiger partial charge is 0.477 e. The molecule has 0 aliphatic rings. The average molecular weight is 167 g/mol. The second kappa shape index (κ2) is 3.43. The van der Waals surface area contributed by atoms with Crippen molar-refractivity contribution >= 4 is 5.97 Å². The van der Waals surface area contributed by atoms with E-state index in [2.05, 4.69) is 6.92 Å². The van der Waals surface area contributed by atoms with Gasteiger partial charge in [0.15, 0.2) is 0 Å². The van der Waals surface area contributed by atoms with Gasteiger partial charge in [0.1, 0.15) is 5.69 Å². The second-order valence-electron chi connectivity index (χ2n) is 2.82. The Labute approximate surface area is 71.6 Å². The van der Waals surface area contributed by atoms with Crippen molar-refractivity contribution in [2.24, 2.45) is 7.05 Å². The van der Waals surface area contributed by atoms with Gasteiger partial charge in [-0.3, -0.25) is 0 Å². The Balaban J connectivity index is 2.96. The normalized spacial score (nSPS) is 10.2.